The molecule has 1 heterocycles. The predicted octanol–water partition coefficient (Wildman–Crippen LogP) is 5.42. The van der Waals surface area contributed by atoms with Crippen molar-refractivity contribution in [2.75, 3.05) is 31.1 Å². The summed E-state index contributed by atoms with van der Waals surface area (Å²) in [5, 5.41) is 0.771. The first kappa shape index (κ1) is 19.7. The van der Waals surface area contributed by atoms with Crippen molar-refractivity contribution in [3.05, 3.63) is 95.0 Å². The SMILES string of the molecule is S=C(c1cccc(OCc2ccccc2)c1)N1CCN(c2cccc(Cl)c2)CC1. The Kier molecular flexibility index (Phi) is 6.33. The van der Waals surface area contributed by atoms with E-state index < -0.39 is 0 Å². The second-order valence-corrected chi connectivity index (χ2v) is 7.88. The van der Waals surface area contributed by atoms with Crippen molar-refractivity contribution in [1.82, 2.24) is 4.90 Å². The van der Waals surface area contributed by atoms with Gasteiger partial charge >= 0.3 is 0 Å². The molecule has 4 rings (SSSR count). The molecule has 1 saturated heterocycles. The van der Waals surface area contributed by atoms with E-state index in [1.807, 2.05) is 54.6 Å². The number of nitrogens with zero attached hydrogens (tertiary/aromatic N) is 2. The van der Waals surface area contributed by atoms with Gasteiger partial charge < -0.3 is 14.5 Å². The van der Waals surface area contributed by atoms with Crippen molar-refractivity contribution in [3.63, 3.8) is 0 Å². The van der Waals surface area contributed by atoms with Crippen LogP contribution in [-0.2, 0) is 6.61 Å². The van der Waals surface area contributed by atoms with E-state index in [4.69, 9.17) is 28.6 Å². The lowest BCUT2D eigenvalue weighted by molar-refractivity contribution is 0.306. The van der Waals surface area contributed by atoms with Crippen LogP contribution in [0.1, 0.15) is 11.1 Å². The minimum absolute atomic E-state index is 0.551. The Morgan fingerprint density at radius 2 is 1.62 bits per heavy atom. The zero-order valence-electron chi connectivity index (χ0n) is 16.1. The third kappa shape index (κ3) is 5.08. The van der Waals surface area contributed by atoms with Crippen molar-refractivity contribution >= 4 is 34.5 Å². The molecule has 148 valence electrons. The lowest BCUT2D eigenvalue weighted by atomic mass is 10.1. The Hall–Kier alpha value is -2.56. The monoisotopic (exact) mass is 422 g/mol. The fourth-order valence-electron chi connectivity index (χ4n) is 3.48. The Morgan fingerprint density at radius 1 is 0.862 bits per heavy atom. The standard InChI is InChI=1S/C24H23ClN2OS/c25-21-9-5-10-22(17-21)26-12-14-27(15-13-26)24(29)20-8-4-11-23(16-20)28-18-19-6-2-1-3-7-19/h1-11,16-17H,12-15,18H2. The van der Waals surface area contributed by atoms with Crippen LogP contribution in [0, 0.1) is 0 Å². The zero-order valence-corrected chi connectivity index (χ0v) is 17.7. The van der Waals surface area contributed by atoms with Crippen molar-refractivity contribution in [3.8, 4) is 5.75 Å². The molecule has 5 heteroatoms. The van der Waals surface area contributed by atoms with Crippen LogP contribution in [0.5, 0.6) is 5.75 Å². The summed E-state index contributed by atoms with van der Waals surface area (Å²) in [5.74, 6) is 0.839. The van der Waals surface area contributed by atoms with Gasteiger partial charge in [0.05, 0.1) is 0 Å². The van der Waals surface area contributed by atoms with Gasteiger partial charge in [0.15, 0.2) is 0 Å². The van der Waals surface area contributed by atoms with E-state index in [-0.39, 0.29) is 0 Å². The highest BCUT2D eigenvalue weighted by Gasteiger charge is 2.20. The van der Waals surface area contributed by atoms with Gasteiger partial charge in [-0.15, -0.1) is 0 Å². The molecule has 29 heavy (non-hydrogen) atoms. The summed E-state index contributed by atoms with van der Waals surface area (Å²) in [6.45, 7) is 4.17. The van der Waals surface area contributed by atoms with Gasteiger partial charge in [0, 0.05) is 42.5 Å². The maximum atomic E-state index is 6.13. The van der Waals surface area contributed by atoms with Crippen molar-refractivity contribution < 1.29 is 4.74 Å². The number of benzene rings is 3. The van der Waals surface area contributed by atoms with E-state index in [1.165, 1.54) is 5.69 Å². The number of rotatable bonds is 5. The molecule has 3 nitrogen and oxygen atoms in total. The summed E-state index contributed by atoms with van der Waals surface area (Å²) in [6, 6.07) is 26.3. The molecule has 0 saturated carbocycles. The molecule has 0 unspecified atom stereocenters. The van der Waals surface area contributed by atoms with Gasteiger partial charge in [-0.25, -0.2) is 0 Å². The third-order valence-corrected chi connectivity index (χ3v) is 5.80. The molecule has 0 amide bonds. The molecular weight excluding hydrogens is 400 g/mol. The summed E-state index contributed by atoms with van der Waals surface area (Å²) >= 11 is 11.9. The van der Waals surface area contributed by atoms with Gasteiger partial charge in [-0.1, -0.05) is 72.3 Å². The van der Waals surface area contributed by atoms with E-state index in [0.29, 0.717) is 6.61 Å². The molecule has 0 N–H and O–H groups in total. The minimum Gasteiger partial charge on any atom is -0.489 e. The molecule has 0 aromatic heterocycles. The number of halogens is 1. The molecule has 0 bridgehead atoms. The number of hydrogen-bond acceptors (Lipinski definition) is 3. The molecule has 0 atom stereocenters. The fourth-order valence-corrected chi connectivity index (χ4v) is 3.98. The molecular formula is C24H23ClN2OS. The van der Waals surface area contributed by atoms with Crippen LogP contribution in [0.15, 0.2) is 78.9 Å². The summed E-state index contributed by atoms with van der Waals surface area (Å²) in [4.78, 5) is 5.50. The van der Waals surface area contributed by atoms with E-state index in [0.717, 1.165) is 53.1 Å². The van der Waals surface area contributed by atoms with E-state index in [9.17, 15) is 0 Å². The van der Waals surface area contributed by atoms with Crippen LogP contribution >= 0.6 is 23.8 Å². The van der Waals surface area contributed by atoms with Gasteiger partial charge in [0.2, 0.25) is 0 Å². The quantitative estimate of drug-likeness (QED) is 0.510. The smallest absolute Gasteiger partial charge is 0.120 e. The molecule has 1 fully saturated rings. The van der Waals surface area contributed by atoms with Crippen LogP contribution in [-0.4, -0.2) is 36.1 Å². The molecule has 0 spiro atoms. The Balaban J connectivity index is 1.36. The molecule has 0 radical (unpaired) electrons. The fraction of sp³-hybridized carbons (Fsp3) is 0.208. The second-order valence-electron chi connectivity index (χ2n) is 7.06. The highest BCUT2D eigenvalue weighted by atomic mass is 35.5. The van der Waals surface area contributed by atoms with Crippen molar-refractivity contribution in [1.29, 1.82) is 0 Å². The number of thiocarbonyl (C=S) groups is 1. The van der Waals surface area contributed by atoms with E-state index >= 15 is 0 Å². The lowest BCUT2D eigenvalue weighted by Crippen LogP contribution is -2.48. The topological polar surface area (TPSA) is 15.7 Å². The molecule has 0 aliphatic carbocycles. The van der Waals surface area contributed by atoms with Gasteiger partial charge in [-0.3, -0.25) is 0 Å². The average molecular weight is 423 g/mol. The van der Waals surface area contributed by atoms with Crippen LogP contribution < -0.4 is 9.64 Å². The summed E-state index contributed by atoms with van der Waals surface area (Å²) in [7, 11) is 0. The number of anilines is 1. The maximum Gasteiger partial charge on any atom is 0.120 e. The molecule has 1 aliphatic rings. The van der Waals surface area contributed by atoms with Crippen LogP contribution in [0.3, 0.4) is 0 Å². The number of ether oxygens (including phenoxy) is 1. The number of hydrogen-bond donors (Lipinski definition) is 0. The molecule has 3 aromatic rings. The summed E-state index contributed by atoms with van der Waals surface area (Å²) in [6.07, 6.45) is 0. The van der Waals surface area contributed by atoms with Crippen LogP contribution in [0.2, 0.25) is 5.02 Å². The lowest BCUT2D eigenvalue weighted by Gasteiger charge is -2.37. The minimum atomic E-state index is 0.551. The van der Waals surface area contributed by atoms with Crippen LogP contribution in [0.4, 0.5) is 5.69 Å². The normalized spacial score (nSPS) is 14.0. The highest BCUT2D eigenvalue weighted by molar-refractivity contribution is 7.80. The van der Waals surface area contributed by atoms with Crippen LogP contribution in [0.25, 0.3) is 0 Å². The number of piperazine rings is 1. The highest BCUT2D eigenvalue weighted by Crippen LogP contribution is 2.22. The Labute approximate surface area is 182 Å². The van der Waals surface area contributed by atoms with Gasteiger partial charge in [0.1, 0.15) is 17.3 Å². The van der Waals surface area contributed by atoms with E-state index in [2.05, 4.69) is 34.1 Å². The Morgan fingerprint density at radius 3 is 2.38 bits per heavy atom. The average Bonchev–Trinajstić information content (AvgIpc) is 2.78. The maximum absolute atomic E-state index is 6.13. The van der Waals surface area contributed by atoms with Gasteiger partial charge in [-0.2, -0.15) is 0 Å². The zero-order chi connectivity index (χ0) is 20.1. The van der Waals surface area contributed by atoms with Crippen molar-refractivity contribution in [2.24, 2.45) is 0 Å². The largest absolute Gasteiger partial charge is 0.489 e. The summed E-state index contributed by atoms with van der Waals surface area (Å²) < 4.78 is 5.96. The second kappa shape index (κ2) is 9.29. The van der Waals surface area contributed by atoms with E-state index in [1.54, 1.807) is 0 Å². The Bertz CT molecular complexity index is 971. The first-order chi connectivity index (χ1) is 14.2. The van der Waals surface area contributed by atoms with Crippen molar-refractivity contribution in [2.45, 2.75) is 6.61 Å². The molecule has 3 aromatic carbocycles. The first-order valence-corrected chi connectivity index (χ1v) is 10.5. The predicted molar refractivity (Wildman–Crippen MR) is 124 cm³/mol. The third-order valence-electron chi connectivity index (χ3n) is 5.07. The van der Waals surface area contributed by atoms with Gasteiger partial charge in [0.25, 0.3) is 0 Å². The first-order valence-electron chi connectivity index (χ1n) is 9.76. The molecule has 1 aliphatic heterocycles. The van der Waals surface area contributed by atoms with Gasteiger partial charge in [-0.05, 0) is 35.9 Å². The summed E-state index contributed by atoms with van der Waals surface area (Å²) in [5.41, 5.74) is 3.35.